The predicted molar refractivity (Wildman–Crippen MR) is 79.6 cm³/mol. The van der Waals surface area contributed by atoms with E-state index in [1.165, 1.54) is 6.39 Å². The number of benzene rings is 2. The molecule has 3 aromatic rings. The maximum absolute atomic E-state index is 11.9. The molecular weight excluding hydrogens is 290 g/mol. The first-order valence-corrected chi connectivity index (χ1v) is 6.73. The van der Waals surface area contributed by atoms with Crippen LogP contribution in [0.5, 0.6) is 0 Å². The third-order valence-electron chi connectivity index (χ3n) is 3.76. The molecular formula is C16H12ClNO3. The molecule has 106 valence electrons. The van der Waals surface area contributed by atoms with Gasteiger partial charge in [0.05, 0.1) is 0 Å². The highest BCUT2D eigenvalue weighted by Gasteiger charge is 2.37. The van der Waals surface area contributed by atoms with Crippen molar-refractivity contribution in [3.8, 4) is 0 Å². The summed E-state index contributed by atoms with van der Waals surface area (Å²) in [7, 11) is 0. The van der Waals surface area contributed by atoms with E-state index in [0.717, 1.165) is 0 Å². The third kappa shape index (κ3) is 2.17. The molecule has 0 aliphatic heterocycles. The molecule has 0 aliphatic rings. The van der Waals surface area contributed by atoms with E-state index in [2.05, 4.69) is 4.98 Å². The first kappa shape index (κ1) is 13.6. The Morgan fingerprint density at radius 1 is 1.19 bits per heavy atom. The summed E-state index contributed by atoms with van der Waals surface area (Å²) in [5.74, 6) is -0.937. The van der Waals surface area contributed by atoms with Crippen molar-refractivity contribution in [3.63, 3.8) is 0 Å². The fraction of sp³-hybridized carbons (Fsp3) is 0.125. The number of fused-ring (bicyclic) bond motifs is 1. The molecule has 1 unspecified atom stereocenters. The van der Waals surface area contributed by atoms with E-state index in [0.29, 0.717) is 27.2 Å². The number of nitrogens with zero attached hydrogens (tertiary/aromatic N) is 1. The molecule has 1 atom stereocenters. The molecule has 0 saturated carbocycles. The Bertz CT molecular complexity index is 810. The van der Waals surface area contributed by atoms with Gasteiger partial charge in [0, 0.05) is 5.02 Å². The minimum absolute atomic E-state index is 0.568. The number of hydrogen-bond donors (Lipinski definition) is 1. The lowest BCUT2D eigenvalue weighted by molar-refractivity contribution is -0.141. The summed E-state index contributed by atoms with van der Waals surface area (Å²) < 4.78 is 5.19. The molecule has 0 bridgehead atoms. The Morgan fingerprint density at radius 3 is 2.52 bits per heavy atom. The van der Waals surface area contributed by atoms with E-state index < -0.39 is 11.4 Å². The standard InChI is InChI=1S/C16H12ClNO3/c1-16(15(19)20,10-2-5-12(17)6-3-10)11-4-7-14-13(8-11)18-9-21-14/h2-9H,1H3,(H,19,20). The second kappa shape index (κ2) is 4.90. The lowest BCUT2D eigenvalue weighted by atomic mass is 9.76. The van der Waals surface area contributed by atoms with Gasteiger partial charge in [0.15, 0.2) is 12.0 Å². The average Bonchev–Trinajstić information content (AvgIpc) is 2.94. The summed E-state index contributed by atoms with van der Waals surface area (Å²) >= 11 is 5.88. The van der Waals surface area contributed by atoms with Crippen LogP contribution in [0.1, 0.15) is 18.1 Å². The van der Waals surface area contributed by atoms with Gasteiger partial charge in [-0.15, -0.1) is 0 Å². The van der Waals surface area contributed by atoms with Crippen molar-refractivity contribution in [2.45, 2.75) is 12.3 Å². The second-order valence-corrected chi connectivity index (χ2v) is 5.41. The van der Waals surface area contributed by atoms with Crippen molar-refractivity contribution in [2.24, 2.45) is 0 Å². The summed E-state index contributed by atoms with van der Waals surface area (Å²) in [4.78, 5) is 16.0. The van der Waals surface area contributed by atoms with Crippen molar-refractivity contribution >= 4 is 28.7 Å². The van der Waals surface area contributed by atoms with Gasteiger partial charge in [-0.1, -0.05) is 29.8 Å². The zero-order valence-electron chi connectivity index (χ0n) is 11.2. The summed E-state index contributed by atoms with van der Waals surface area (Å²) in [5.41, 5.74) is 1.37. The van der Waals surface area contributed by atoms with Crippen LogP contribution in [0.15, 0.2) is 53.3 Å². The largest absolute Gasteiger partial charge is 0.480 e. The van der Waals surface area contributed by atoms with E-state index in [4.69, 9.17) is 16.0 Å². The SMILES string of the molecule is CC(C(=O)O)(c1ccc(Cl)cc1)c1ccc2ocnc2c1. The summed E-state index contributed by atoms with van der Waals surface area (Å²) in [6.07, 6.45) is 1.34. The zero-order valence-corrected chi connectivity index (χ0v) is 12.0. The molecule has 5 heteroatoms. The van der Waals surface area contributed by atoms with E-state index in [1.54, 1.807) is 49.4 Å². The minimum atomic E-state index is -1.18. The van der Waals surface area contributed by atoms with Gasteiger partial charge in [0.2, 0.25) is 0 Å². The molecule has 2 aromatic carbocycles. The zero-order chi connectivity index (χ0) is 15.0. The highest BCUT2D eigenvalue weighted by molar-refractivity contribution is 6.30. The third-order valence-corrected chi connectivity index (χ3v) is 4.01. The molecule has 0 spiro atoms. The van der Waals surface area contributed by atoms with Crippen LogP contribution in [0.25, 0.3) is 11.1 Å². The van der Waals surface area contributed by atoms with Gasteiger partial charge in [0.25, 0.3) is 0 Å². The maximum atomic E-state index is 11.9. The topological polar surface area (TPSA) is 63.3 Å². The predicted octanol–water partition coefficient (Wildman–Crippen LogP) is 3.87. The Balaban J connectivity index is 2.20. The van der Waals surface area contributed by atoms with Crippen molar-refractivity contribution in [1.82, 2.24) is 4.98 Å². The summed E-state index contributed by atoms with van der Waals surface area (Å²) in [6.45, 7) is 1.67. The molecule has 0 amide bonds. The van der Waals surface area contributed by atoms with Crippen LogP contribution in [0, 0.1) is 0 Å². The number of carbonyl (C=O) groups is 1. The summed E-state index contributed by atoms with van der Waals surface area (Å²) in [6, 6.07) is 12.0. The van der Waals surface area contributed by atoms with Gasteiger partial charge in [-0.25, -0.2) is 4.98 Å². The van der Waals surface area contributed by atoms with Crippen LogP contribution >= 0.6 is 11.6 Å². The average molecular weight is 302 g/mol. The van der Waals surface area contributed by atoms with Crippen LogP contribution in [-0.2, 0) is 10.2 Å². The Morgan fingerprint density at radius 2 is 1.86 bits per heavy atom. The lowest BCUT2D eigenvalue weighted by Crippen LogP contribution is -2.33. The van der Waals surface area contributed by atoms with Gasteiger partial charge in [-0.2, -0.15) is 0 Å². The van der Waals surface area contributed by atoms with Crippen LogP contribution in [-0.4, -0.2) is 16.1 Å². The normalized spacial score (nSPS) is 14.0. The summed E-state index contributed by atoms with van der Waals surface area (Å²) in [5, 5.41) is 10.3. The number of carboxylic acids is 1. The van der Waals surface area contributed by atoms with Crippen molar-refractivity contribution in [2.75, 3.05) is 0 Å². The molecule has 1 N–H and O–H groups in total. The highest BCUT2D eigenvalue weighted by atomic mass is 35.5. The smallest absolute Gasteiger partial charge is 0.318 e. The Hall–Kier alpha value is -2.33. The number of oxazole rings is 1. The van der Waals surface area contributed by atoms with Crippen molar-refractivity contribution in [3.05, 3.63) is 65.0 Å². The molecule has 1 aromatic heterocycles. The fourth-order valence-electron chi connectivity index (χ4n) is 2.37. The van der Waals surface area contributed by atoms with E-state index in [-0.39, 0.29) is 0 Å². The first-order chi connectivity index (χ1) is 10.0. The van der Waals surface area contributed by atoms with Gasteiger partial charge in [-0.3, -0.25) is 4.79 Å². The van der Waals surface area contributed by atoms with Crippen LogP contribution in [0.3, 0.4) is 0 Å². The van der Waals surface area contributed by atoms with Crippen molar-refractivity contribution < 1.29 is 14.3 Å². The highest BCUT2D eigenvalue weighted by Crippen LogP contribution is 2.34. The van der Waals surface area contributed by atoms with Gasteiger partial charge >= 0.3 is 5.97 Å². The van der Waals surface area contributed by atoms with Crippen LogP contribution < -0.4 is 0 Å². The van der Waals surface area contributed by atoms with Gasteiger partial charge < -0.3 is 9.52 Å². The monoisotopic (exact) mass is 301 g/mol. The lowest BCUT2D eigenvalue weighted by Gasteiger charge is -2.26. The van der Waals surface area contributed by atoms with E-state index >= 15 is 0 Å². The van der Waals surface area contributed by atoms with E-state index in [1.807, 2.05) is 0 Å². The Kier molecular flexibility index (Phi) is 3.18. The minimum Gasteiger partial charge on any atom is -0.480 e. The number of rotatable bonds is 3. The molecule has 0 radical (unpaired) electrons. The van der Waals surface area contributed by atoms with Gasteiger partial charge in [0.1, 0.15) is 10.9 Å². The van der Waals surface area contributed by atoms with E-state index in [9.17, 15) is 9.90 Å². The van der Waals surface area contributed by atoms with Crippen LogP contribution in [0.2, 0.25) is 5.02 Å². The number of hydrogen-bond acceptors (Lipinski definition) is 3. The Labute approximate surface area is 126 Å². The number of halogens is 1. The van der Waals surface area contributed by atoms with Crippen LogP contribution in [0.4, 0.5) is 0 Å². The maximum Gasteiger partial charge on any atom is 0.318 e. The molecule has 3 rings (SSSR count). The molecule has 1 heterocycles. The van der Waals surface area contributed by atoms with Crippen molar-refractivity contribution in [1.29, 1.82) is 0 Å². The fourth-order valence-corrected chi connectivity index (χ4v) is 2.49. The number of aromatic nitrogens is 1. The van der Waals surface area contributed by atoms with Gasteiger partial charge in [-0.05, 0) is 42.3 Å². The molecule has 4 nitrogen and oxygen atoms in total. The number of carboxylic acid groups (broad SMARTS) is 1. The molecule has 0 aliphatic carbocycles. The quantitative estimate of drug-likeness (QED) is 0.797. The molecule has 0 fully saturated rings. The second-order valence-electron chi connectivity index (χ2n) is 4.97. The molecule has 21 heavy (non-hydrogen) atoms. The molecule has 0 saturated heterocycles. The first-order valence-electron chi connectivity index (χ1n) is 6.35. The number of aliphatic carboxylic acids is 1.